The Balaban J connectivity index is 2.41. The maximum Gasteiger partial charge on any atom is 0.253 e. The molecule has 2 aromatic rings. The third kappa shape index (κ3) is 9.95. The summed E-state index contributed by atoms with van der Waals surface area (Å²) in [4.78, 5) is 53.3. The van der Waals surface area contributed by atoms with Crippen LogP contribution < -0.4 is 16.4 Å². The van der Waals surface area contributed by atoms with Gasteiger partial charge in [0.1, 0.15) is 6.10 Å². The molecule has 0 aliphatic carbocycles. The predicted molar refractivity (Wildman–Crippen MR) is 162 cm³/mol. The second kappa shape index (κ2) is 16.6. The first kappa shape index (κ1) is 34.4. The average molecular weight is 583 g/mol. The number of hydrogen-bond acceptors (Lipinski definition) is 6. The molecule has 10 heteroatoms. The number of aliphatic hydroxyl groups excluding tert-OH is 2. The van der Waals surface area contributed by atoms with Crippen LogP contribution in [0, 0.1) is 11.8 Å². The van der Waals surface area contributed by atoms with E-state index in [9.17, 15) is 29.4 Å². The van der Waals surface area contributed by atoms with Gasteiger partial charge in [-0.1, -0.05) is 65.0 Å². The summed E-state index contributed by atoms with van der Waals surface area (Å²) in [7, 11) is 0. The predicted octanol–water partition coefficient (Wildman–Crippen LogP) is 2.52. The monoisotopic (exact) mass is 582 g/mol. The van der Waals surface area contributed by atoms with Crippen LogP contribution in [0.15, 0.2) is 48.5 Å². The molecule has 0 aliphatic rings. The van der Waals surface area contributed by atoms with Crippen LogP contribution in [0.2, 0.25) is 0 Å². The van der Waals surface area contributed by atoms with Crippen LogP contribution >= 0.6 is 0 Å². The minimum Gasteiger partial charge on any atom is -0.390 e. The first-order chi connectivity index (χ1) is 19.9. The van der Waals surface area contributed by atoms with E-state index in [2.05, 4.69) is 10.6 Å². The fourth-order valence-electron chi connectivity index (χ4n) is 4.59. The van der Waals surface area contributed by atoms with Gasteiger partial charge in [0, 0.05) is 36.3 Å². The fraction of sp³-hybridized carbons (Fsp3) is 0.500. The number of rotatable bonds is 16. The van der Waals surface area contributed by atoms with Gasteiger partial charge >= 0.3 is 0 Å². The summed E-state index contributed by atoms with van der Waals surface area (Å²) in [6, 6.07) is 12.1. The third-order valence-corrected chi connectivity index (χ3v) is 6.99. The molecule has 2 rings (SSSR count). The van der Waals surface area contributed by atoms with Crippen molar-refractivity contribution in [2.75, 3.05) is 19.6 Å². The van der Waals surface area contributed by atoms with Gasteiger partial charge in [0.05, 0.1) is 18.1 Å². The number of carbonyl (C=O) groups excluding carboxylic acids is 4. The van der Waals surface area contributed by atoms with Crippen molar-refractivity contribution in [1.29, 1.82) is 0 Å². The molecule has 0 radical (unpaired) electrons. The maximum absolute atomic E-state index is 13.6. The lowest BCUT2D eigenvalue weighted by atomic mass is 9.90. The van der Waals surface area contributed by atoms with E-state index >= 15 is 0 Å². The zero-order chi connectivity index (χ0) is 31.4. The molecule has 4 unspecified atom stereocenters. The Bertz CT molecular complexity index is 1200. The van der Waals surface area contributed by atoms with Crippen molar-refractivity contribution in [1.82, 2.24) is 15.5 Å². The highest BCUT2D eigenvalue weighted by Crippen LogP contribution is 2.18. The molecular formula is C32H46N4O6. The zero-order valence-corrected chi connectivity index (χ0v) is 25.3. The summed E-state index contributed by atoms with van der Waals surface area (Å²) in [6.45, 7) is 10.8. The van der Waals surface area contributed by atoms with Gasteiger partial charge < -0.3 is 31.5 Å². The van der Waals surface area contributed by atoms with E-state index in [-0.39, 0.29) is 34.9 Å². The van der Waals surface area contributed by atoms with Crippen LogP contribution in [-0.2, 0) is 11.2 Å². The molecule has 0 saturated carbocycles. The van der Waals surface area contributed by atoms with Gasteiger partial charge in [-0.15, -0.1) is 0 Å². The van der Waals surface area contributed by atoms with Crippen LogP contribution in [0.1, 0.15) is 84.1 Å². The molecule has 0 spiro atoms. The third-order valence-electron chi connectivity index (χ3n) is 6.99. The largest absolute Gasteiger partial charge is 0.390 e. The van der Waals surface area contributed by atoms with E-state index < -0.39 is 41.9 Å². The summed E-state index contributed by atoms with van der Waals surface area (Å²) in [5.74, 6) is -2.96. The normalized spacial score (nSPS) is 14.0. The molecule has 0 bridgehead atoms. The smallest absolute Gasteiger partial charge is 0.253 e. The fourth-order valence-corrected chi connectivity index (χ4v) is 4.59. The average Bonchev–Trinajstić information content (AvgIpc) is 2.98. The Morgan fingerprint density at radius 3 is 1.98 bits per heavy atom. The van der Waals surface area contributed by atoms with Gasteiger partial charge in [-0.2, -0.15) is 0 Å². The van der Waals surface area contributed by atoms with Crippen molar-refractivity contribution in [2.45, 2.75) is 72.1 Å². The number of carbonyl (C=O) groups is 4. The molecule has 0 heterocycles. The van der Waals surface area contributed by atoms with E-state index in [0.29, 0.717) is 19.6 Å². The highest BCUT2D eigenvalue weighted by molar-refractivity contribution is 6.04. The zero-order valence-electron chi connectivity index (χ0n) is 25.3. The van der Waals surface area contributed by atoms with Crippen molar-refractivity contribution in [2.24, 2.45) is 17.6 Å². The van der Waals surface area contributed by atoms with Crippen LogP contribution in [-0.4, -0.2) is 76.6 Å². The van der Waals surface area contributed by atoms with E-state index in [0.717, 1.165) is 18.4 Å². The lowest BCUT2D eigenvalue weighted by molar-refractivity contribution is -0.131. The summed E-state index contributed by atoms with van der Waals surface area (Å²) in [6.07, 6.45) is -1.38. The van der Waals surface area contributed by atoms with Crippen molar-refractivity contribution >= 4 is 23.6 Å². The highest BCUT2D eigenvalue weighted by atomic mass is 16.3. The number of aliphatic hydroxyl groups is 2. The van der Waals surface area contributed by atoms with E-state index in [1.165, 1.54) is 25.1 Å². The molecule has 4 amide bonds. The Kier molecular flexibility index (Phi) is 13.6. The summed E-state index contributed by atoms with van der Waals surface area (Å²) >= 11 is 0. The first-order valence-electron chi connectivity index (χ1n) is 14.6. The number of amides is 4. The summed E-state index contributed by atoms with van der Waals surface area (Å²) in [5, 5.41) is 27.7. The molecule has 0 saturated heterocycles. The minimum absolute atomic E-state index is 0.00470. The van der Waals surface area contributed by atoms with Gasteiger partial charge in [-0.25, -0.2) is 0 Å². The van der Waals surface area contributed by atoms with E-state index in [4.69, 9.17) is 5.73 Å². The topological polar surface area (TPSA) is 162 Å². The van der Waals surface area contributed by atoms with Crippen LogP contribution in [0.3, 0.4) is 0 Å². The molecule has 6 N–H and O–H groups in total. The second-order valence-corrected chi connectivity index (χ2v) is 11.1. The number of nitrogens with two attached hydrogens (primary N) is 1. The van der Waals surface area contributed by atoms with Crippen LogP contribution in [0.25, 0.3) is 0 Å². The van der Waals surface area contributed by atoms with Gasteiger partial charge in [0.2, 0.25) is 11.8 Å². The van der Waals surface area contributed by atoms with Crippen molar-refractivity contribution in [3.05, 3.63) is 70.8 Å². The van der Waals surface area contributed by atoms with E-state index in [1.807, 2.05) is 58.0 Å². The second-order valence-electron chi connectivity index (χ2n) is 11.1. The lowest BCUT2D eigenvalue weighted by Gasteiger charge is -2.31. The molecule has 0 fully saturated rings. The van der Waals surface area contributed by atoms with Crippen LogP contribution in [0.5, 0.6) is 0 Å². The maximum atomic E-state index is 13.6. The Labute approximate surface area is 248 Å². The van der Waals surface area contributed by atoms with E-state index in [1.54, 1.807) is 4.90 Å². The Morgan fingerprint density at radius 2 is 1.43 bits per heavy atom. The quantitative estimate of drug-likeness (QED) is 0.204. The van der Waals surface area contributed by atoms with Crippen molar-refractivity contribution in [3.8, 4) is 0 Å². The van der Waals surface area contributed by atoms with Gasteiger partial charge in [0.15, 0.2) is 0 Å². The molecule has 0 aliphatic heterocycles. The molecular weight excluding hydrogens is 536 g/mol. The molecule has 230 valence electrons. The van der Waals surface area contributed by atoms with Crippen molar-refractivity contribution < 1.29 is 29.4 Å². The first-order valence-corrected chi connectivity index (χ1v) is 14.6. The number of nitrogens with one attached hydrogen (secondary N) is 2. The molecule has 2 aromatic carbocycles. The van der Waals surface area contributed by atoms with Crippen molar-refractivity contribution in [3.63, 3.8) is 0 Å². The molecule has 4 atom stereocenters. The Hall–Kier alpha value is -3.76. The summed E-state index contributed by atoms with van der Waals surface area (Å²) in [5.41, 5.74) is 6.46. The van der Waals surface area contributed by atoms with Gasteiger partial charge in [-0.05, 0) is 48.9 Å². The standard InChI is InChI=1S/C32H46N4O6/c1-6-13-36(14-7-2)32(42)25-17-23(29(33)39)16-24(18-25)31(41)35-26(15-22-11-9-8-10-12-22)28(38)27(37)21(5)30(40)34-19-20(3)4/h8-12,16-18,20-21,26-28,37-38H,6-7,13-15,19H2,1-5H3,(H2,33,39)(H,34,40)(H,35,41). The number of primary amides is 1. The molecule has 42 heavy (non-hydrogen) atoms. The number of nitrogens with zero attached hydrogens (tertiary/aromatic N) is 1. The lowest BCUT2D eigenvalue weighted by Crippen LogP contribution is -2.53. The molecule has 0 aromatic heterocycles. The minimum atomic E-state index is -1.51. The number of benzene rings is 2. The highest BCUT2D eigenvalue weighted by Gasteiger charge is 2.35. The van der Waals surface area contributed by atoms with Crippen LogP contribution in [0.4, 0.5) is 0 Å². The summed E-state index contributed by atoms with van der Waals surface area (Å²) < 4.78 is 0. The SMILES string of the molecule is CCCN(CCC)C(=O)c1cc(C(N)=O)cc(C(=O)NC(Cc2ccccc2)C(O)C(O)C(C)C(=O)NCC(C)C)c1. The Morgan fingerprint density at radius 1 is 0.857 bits per heavy atom. The van der Waals surface area contributed by atoms with Gasteiger partial charge in [0.25, 0.3) is 11.8 Å². The van der Waals surface area contributed by atoms with Gasteiger partial charge in [-0.3, -0.25) is 19.2 Å². The molecule has 10 nitrogen and oxygen atoms in total. The number of hydrogen-bond donors (Lipinski definition) is 5.